The lowest BCUT2D eigenvalue weighted by atomic mass is 9.97. The molecule has 0 aromatic rings. The van der Waals surface area contributed by atoms with Crippen molar-refractivity contribution in [3.8, 4) is 0 Å². The fourth-order valence-corrected chi connectivity index (χ4v) is 1.80. The number of carbonyl (C=O) groups excluding carboxylic acids is 1. The summed E-state index contributed by atoms with van der Waals surface area (Å²) in [7, 11) is 0. The van der Waals surface area contributed by atoms with Crippen LogP contribution in [0.5, 0.6) is 0 Å². The highest BCUT2D eigenvalue weighted by Crippen LogP contribution is 2.21. The maximum absolute atomic E-state index is 11.0. The van der Waals surface area contributed by atoms with E-state index < -0.39 is 43.2 Å². The Bertz CT molecular complexity index is 277. The molecular formula is C10H20N2O6. The van der Waals surface area contributed by atoms with Gasteiger partial charge in [-0.2, -0.15) is 0 Å². The van der Waals surface area contributed by atoms with E-state index in [0.29, 0.717) is 0 Å². The highest BCUT2D eigenvalue weighted by molar-refractivity contribution is 5.73. The van der Waals surface area contributed by atoms with Crippen molar-refractivity contribution in [2.24, 2.45) is 5.73 Å². The van der Waals surface area contributed by atoms with E-state index in [1.54, 1.807) is 0 Å². The molecule has 0 spiro atoms. The monoisotopic (exact) mass is 264 g/mol. The van der Waals surface area contributed by atoms with E-state index in [1.807, 2.05) is 0 Å². The van der Waals surface area contributed by atoms with Crippen LogP contribution in [0, 0.1) is 0 Å². The Morgan fingerprint density at radius 3 is 2.61 bits per heavy atom. The number of ether oxygens (including phenoxy) is 2. The van der Waals surface area contributed by atoms with Gasteiger partial charge in [-0.05, 0) is 0 Å². The highest BCUT2D eigenvalue weighted by Gasteiger charge is 2.45. The first-order valence-corrected chi connectivity index (χ1v) is 5.72. The molecule has 5 atom stereocenters. The van der Waals surface area contributed by atoms with Crippen molar-refractivity contribution in [3.05, 3.63) is 0 Å². The number of hydrogen-bond acceptors (Lipinski definition) is 7. The van der Waals surface area contributed by atoms with Crippen LogP contribution < -0.4 is 11.1 Å². The molecule has 6 N–H and O–H groups in total. The molecule has 3 unspecified atom stereocenters. The SMILES string of the molecule is CC(=O)NC1C(O)[C@H](O)C(CO)O[C@@H]1OCCN. The number of carbonyl (C=O) groups is 1. The third kappa shape index (κ3) is 3.61. The Balaban J connectivity index is 2.76. The topological polar surface area (TPSA) is 134 Å². The third-order valence-electron chi connectivity index (χ3n) is 2.65. The van der Waals surface area contributed by atoms with Gasteiger partial charge in [0.15, 0.2) is 6.29 Å². The second-order valence-corrected chi connectivity index (χ2v) is 4.09. The van der Waals surface area contributed by atoms with E-state index in [9.17, 15) is 15.0 Å². The standard InChI is InChI=1S/C10H20N2O6/c1-5(14)12-7-9(16)8(15)6(4-13)18-10(7)17-3-2-11/h6-10,13,15-16H,2-4,11H2,1H3,(H,12,14)/t6?,7?,8-,9?,10+/m1/s1. The van der Waals surface area contributed by atoms with Crippen LogP contribution in [-0.4, -0.2) is 71.6 Å². The van der Waals surface area contributed by atoms with E-state index in [1.165, 1.54) is 6.92 Å². The van der Waals surface area contributed by atoms with Crippen molar-refractivity contribution in [3.63, 3.8) is 0 Å². The number of aliphatic hydroxyl groups is 3. The molecule has 1 aliphatic rings. The van der Waals surface area contributed by atoms with Crippen LogP contribution in [-0.2, 0) is 14.3 Å². The number of amides is 1. The minimum Gasteiger partial charge on any atom is -0.394 e. The lowest BCUT2D eigenvalue weighted by Gasteiger charge is -2.42. The fraction of sp³-hybridized carbons (Fsp3) is 0.900. The first kappa shape index (κ1) is 15.3. The first-order chi connectivity index (χ1) is 8.51. The van der Waals surface area contributed by atoms with Gasteiger partial charge in [0.05, 0.1) is 13.2 Å². The molecule has 8 nitrogen and oxygen atoms in total. The number of aliphatic hydroxyl groups excluding tert-OH is 3. The van der Waals surface area contributed by atoms with E-state index in [-0.39, 0.29) is 13.2 Å². The van der Waals surface area contributed by atoms with Gasteiger partial charge in [-0.25, -0.2) is 0 Å². The third-order valence-corrected chi connectivity index (χ3v) is 2.65. The van der Waals surface area contributed by atoms with E-state index in [0.717, 1.165) is 0 Å². The van der Waals surface area contributed by atoms with Gasteiger partial charge in [0.1, 0.15) is 24.4 Å². The summed E-state index contributed by atoms with van der Waals surface area (Å²) in [5, 5.41) is 31.1. The van der Waals surface area contributed by atoms with Crippen molar-refractivity contribution >= 4 is 5.91 Å². The highest BCUT2D eigenvalue weighted by atomic mass is 16.7. The Morgan fingerprint density at radius 1 is 1.44 bits per heavy atom. The van der Waals surface area contributed by atoms with Crippen molar-refractivity contribution in [2.45, 2.75) is 37.6 Å². The molecule has 0 saturated carbocycles. The van der Waals surface area contributed by atoms with Crippen molar-refractivity contribution in [2.75, 3.05) is 19.8 Å². The fourth-order valence-electron chi connectivity index (χ4n) is 1.80. The summed E-state index contributed by atoms with van der Waals surface area (Å²) in [6.45, 7) is 1.22. The van der Waals surface area contributed by atoms with E-state index in [2.05, 4.69) is 5.32 Å². The smallest absolute Gasteiger partial charge is 0.217 e. The summed E-state index contributed by atoms with van der Waals surface area (Å²) in [5.74, 6) is -0.390. The van der Waals surface area contributed by atoms with Crippen LogP contribution in [0.1, 0.15) is 6.92 Å². The average molecular weight is 264 g/mol. The van der Waals surface area contributed by atoms with E-state index >= 15 is 0 Å². The van der Waals surface area contributed by atoms with Gasteiger partial charge in [0.2, 0.25) is 5.91 Å². The molecule has 1 heterocycles. The second-order valence-electron chi connectivity index (χ2n) is 4.09. The Kier molecular flexibility index (Phi) is 5.93. The zero-order valence-corrected chi connectivity index (χ0v) is 10.2. The summed E-state index contributed by atoms with van der Waals surface area (Å²) in [6.07, 6.45) is -4.52. The molecule has 1 rings (SSSR count). The van der Waals surface area contributed by atoms with Crippen LogP contribution in [0.4, 0.5) is 0 Å². The molecular weight excluding hydrogens is 244 g/mol. The van der Waals surface area contributed by atoms with Gasteiger partial charge in [-0.15, -0.1) is 0 Å². The molecule has 8 heteroatoms. The number of nitrogens with two attached hydrogens (primary N) is 1. The molecule has 1 aliphatic heterocycles. The van der Waals surface area contributed by atoms with Gasteiger partial charge in [0.25, 0.3) is 0 Å². The molecule has 0 aromatic heterocycles. The molecule has 106 valence electrons. The minimum absolute atomic E-state index is 0.168. The Morgan fingerprint density at radius 2 is 2.11 bits per heavy atom. The van der Waals surface area contributed by atoms with Gasteiger partial charge >= 0.3 is 0 Å². The van der Waals surface area contributed by atoms with Crippen molar-refractivity contribution in [1.82, 2.24) is 5.32 Å². The van der Waals surface area contributed by atoms with E-state index in [4.69, 9.17) is 20.3 Å². The predicted octanol–water partition coefficient (Wildman–Crippen LogP) is -3.09. The quantitative estimate of drug-likeness (QED) is 0.355. The Labute approximate surface area is 105 Å². The summed E-state index contributed by atoms with van der Waals surface area (Å²) >= 11 is 0. The average Bonchev–Trinajstić information content (AvgIpc) is 2.33. The Hall–Kier alpha value is -0.770. The van der Waals surface area contributed by atoms with Crippen LogP contribution in [0.3, 0.4) is 0 Å². The summed E-state index contributed by atoms with van der Waals surface area (Å²) < 4.78 is 10.5. The summed E-state index contributed by atoms with van der Waals surface area (Å²) in [5.41, 5.74) is 5.29. The second kappa shape index (κ2) is 6.98. The van der Waals surface area contributed by atoms with Crippen molar-refractivity contribution in [1.29, 1.82) is 0 Å². The van der Waals surface area contributed by atoms with Gasteiger partial charge in [-0.3, -0.25) is 4.79 Å². The molecule has 18 heavy (non-hydrogen) atoms. The number of hydrogen-bond donors (Lipinski definition) is 5. The lowest BCUT2D eigenvalue weighted by molar-refractivity contribution is -0.269. The summed E-state index contributed by atoms with van der Waals surface area (Å²) in [4.78, 5) is 11.0. The summed E-state index contributed by atoms with van der Waals surface area (Å²) in [6, 6.07) is -0.910. The van der Waals surface area contributed by atoms with Crippen LogP contribution in [0.15, 0.2) is 0 Å². The van der Waals surface area contributed by atoms with Gasteiger partial charge in [0, 0.05) is 13.5 Å². The minimum atomic E-state index is -1.30. The van der Waals surface area contributed by atoms with Crippen LogP contribution >= 0.6 is 0 Å². The predicted molar refractivity (Wildman–Crippen MR) is 60.4 cm³/mol. The zero-order valence-electron chi connectivity index (χ0n) is 10.2. The molecule has 1 amide bonds. The molecule has 0 aliphatic carbocycles. The van der Waals surface area contributed by atoms with Gasteiger partial charge in [-0.1, -0.05) is 0 Å². The zero-order chi connectivity index (χ0) is 13.7. The molecule has 1 saturated heterocycles. The first-order valence-electron chi connectivity index (χ1n) is 5.72. The number of nitrogens with one attached hydrogen (secondary N) is 1. The molecule has 0 aromatic carbocycles. The molecule has 1 fully saturated rings. The molecule has 0 bridgehead atoms. The lowest BCUT2D eigenvalue weighted by Crippen LogP contribution is -2.64. The van der Waals surface area contributed by atoms with Gasteiger partial charge < -0.3 is 35.8 Å². The maximum Gasteiger partial charge on any atom is 0.217 e. The normalized spacial score (nSPS) is 36.4. The maximum atomic E-state index is 11.0. The van der Waals surface area contributed by atoms with Crippen LogP contribution in [0.25, 0.3) is 0 Å². The van der Waals surface area contributed by atoms with Crippen molar-refractivity contribution < 1.29 is 29.6 Å². The molecule has 0 radical (unpaired) electrons. The number of rotatable bonds is 5. The largest absolute Gasteiger partial charge is 0.394 e. The van der Waals surface area contributed by atoms with Crippen LogP contribution in [0.2, 0.25) is 0 Å².